The second kappa shape index (κ2) is 8.19. The summed E-state index contributed by atoms with van der Waals surface area (Å²) in [6.07, 6.45) is 17.8. The smallest absolute Gasteiger partial charge is 0.0684 e. The molecule has 2 aromatic rings. The van der Waals surface area contributed by atoms with Gasteiger partial charge in [0.15, 0.2) is 0 Å². The summed E-state index contributed by atoms with van der Waals surface area (Å²) >= 11 is 0. The van der Waals surface area contributed by atoms with Crippen LogP contribution in [0, 0.1) is 5.92 Å². The van der Waals surface area contributed by atoms with E-state index >= 15 is 0 Å². The Morgan fingerprint density at radius 2 is 2.00 bits per heavy atom. The highest BCUT2D eigenvalue weighted by Gasteiger charge is 2.16. The fourth-order valence-corrected chi connectivity index (χ4v) is 4.83. The molecule has 0 N–H and O–H groups in total. The minimum absolute atomic E-state index is 0.839. The highest BCUT2D eigenvalue weighted by molar-refractivity contribution is 5.83. The zero-order valence-electron chi connectivity index (χ0n) is 17.6. The van der Waals surface area contributed by atoms with Gasteiger partial charge in [-0.3, -0.25) is 4.68 Å². The van der Waals surface area contributed by atoms with E-state index in [1.807, 2.05) is 6.20 Å². The first-order valence-electron chi connectivity index (χ1n) is 11.3. The molecule has 1 fully saturated rings. The van der Waals surface area contributed by atoms with Gasteiger partial charge in [-0.2, -0.15) is 5.10 Å². The van der Waals surface area contributed by atoms with Crippen LogP contribution in [0.2, 0.25) is 0 Å². The van der Waals surface area contributed by atoms with Crippen molar-refractivity contribution in [3.63, 3.8) is 0 Å². The van der Waals surface area contributed by atoms with Crippen LogP contribution >= 0.6 is 0 Å². The van der Waals surface area contributed by atoms with Gasteiger partial charge in [0, 0.05) is 30.4 Å². The Kier molecular flexibility index (Phi) is 5.28. The molecule has 1 aliphatic carbocycles. The highest BCUT2D eigenvalue weighted by atomic mass is 15.3. The van der Waals surface area contributed by atoms with Crippen LogP contribution < -0.4 is 4.90 Å². The van der Waals surface area contributed by atoms with Crippen LogP contribution in [0.4, 0.5) is 5.69 Å². The number of benzene rings is 1. The van der Waals surface area contributed by atoms with Crippen molar-refractivity contribution in [3.05, 3.63) is 60.0 Å². The first-order valence-corrected chi connectivity index (χ1v) is 11.3. The van der Waals surface area contributed by atoms with Gasteiger partial charge in [0.2, 0.25) is 0 Å². The molecule has 0 radical (unpaired) electrons. The Balaban J connectivity index is 1.26. The van der Waals surface area contributed by atoms with Crippen molar-refractivity contribution in [2.75, 3.05) is 31.1 Å². The van der Waals surface area contributed by atoms with Gasteiger partial charge in [0.05, 0.1) is 18.3 Å². The largest absolute Gasteiger partial charge is 0.344 e. The molecule has 3 heterocycles. The topological polar surface area (TPSA) is 24.3 Å². The molecule has 152 valence electrons. The van der Waals surface area contributed by atoms with Crippen LogP contribution in [0.25, 0.3) is 10.9 Å². The van der Waals surface area contributed by atoms with Gasteiger partial charge in [-0.25, -0.2) is 0 Å². The fourth-order valence-electron chi connectivity index (χ4n) is 4.83. The number of anilines is 1. The first-order chi connectivity index (χ1) is 14.3. The lowest BCUT2D eigenvalue weighted by Crippen LogP contribution is -2.24. The molecule has 0 spiro atoms. The van der Waals surface area contributed by atoms with E-state index in [1.165, 1.54) is 72.9 Å². The van der Waals surface area contributed by atoms with E-state index in [0.717, 1.165) is 25.6 Å². The number of rotatable bonds is 5. The number of fused-ring (bicyclic) bond motifs is 1. The molecule has 29 heavy (non-hydrogen) atoms. The normalized spacial score (nSPS) is 22.9. The maximum atomic E-state index is 4.66. The third kappa shape index (κ3) is 4.04. The molecule has 1 unspecified atom stereocenters. The Morgan fingerprint density at radius 1 is 1.10 bits per heavy atom. The maximum absolute atomic E-state index is 4.66. The molecule has 1 aromatic heterocycles. The Morgan fingerprint density at radius 3 is 2.76 bits per heavy atom. The zero-order valence-corrected chi connectivity index (χ0v) is 17.6. The molecule has 5 rings (SSSR count). The SMILES string of the molecule is CC1CC=C(C2=CCN(c3ccc4c(cnn4CCN4CCCC4)c3)C=C2)CC1. The molecular formula is C25H32N4. The van der Waals surface area contributed by atoms with Crippen LogP contribution in [0.1, 0.15) is 39.0 Å². The summed E-state index contributed by atoms with van der Waals surface area (Å²) in [5, 5.41) is 5.89. The summed E-state index contributed by atoms with van der Waals surface area (Å²) in [4.78, 5) is 4.88. The number of nitrogens with zero attached hydrogens (tertiary/aromatic N) is 4. The standard InChI is InChI=1S/C25H32N4/c1-20-4-6-21(7-5-20)22-10-14-28(15-11-22)24-8-9-25-23(18-24)19-26-29(25)17-16-27-12-2-3-13-27/h6,8-11,14,18-20H,2-5,7,12-13,15-17H2,1H3. The van der Waals surface area contributed by atoms with E-state index in [9.17, 15) is 0 Å². The molecule has 0 amide bonds. The van der Waals surface area contributed by atoms with E-state index in [1.54, 1.807) is 0 Å². The summed E-state index contributed by atoms with van der Waals surface area (Å²) in [5.74, 6) is 0.839. The molecule has 4 heteroatoms. The highest BCUT2D eigenvalue weighted by Crippen LogP contribution is 2.31. The molecule has 1 saturated heterocycles. The molecule has 3 aliphatic rings. The fraction of sp³-hybridized carbons (Fsp3) is 0.480. The van der Waals surface area contributed by atoms with Crippen LogP contribution in [0.5, 0.6) is 0 Å². The summed E-state index contributed by atoms with van der Waals surface area (Å²) in [7, 11) is 0. The van der Waals surface area contributed by atoms with Crippen LogP contribution in [0.3, 0.4) is 0 Å². The summed E-state index contributed by atoms with van der Waals surface area (Å²) in [5.41, 5.74) is 5.44. The lowest BCUT2D eigenvalue weighted by atomic mass is 9.87. The lowest BCUT2D eigenvalue weighted by molar-refractivity contribution is 0.318. The molecular weight excluding hydrogens is 356 g/mol. The van der Waals surface area contributed by atoms with Crippen molar-refractivity contribution in [3.8, 4) is 0 Å². The van der Waals surface area contributed by atoms with Crippen LogP contribution in [-0.2, 0) is 6.54 Å². The van der Waals surface area contributed by atoms with Gasteiger partial charge in [-0.05, 0) is 86.5 Å². The molecule has 4 nitrogen and oxygen atoms in total. The monoisotopic (exact) mass is 388 g/mol. The van der Waals surface area contributed by atoms with Crippen molar-refractivity contribution in [2.45, 2.75) is 45.6 Å². The zero-order chi connectivity index (χ0) is 19.6. The third-order valence-corrected chi connectivity index (χ3v) is 6.77. The number of aromatic nitrogens is 2. The number of hydrogen-bond donors (Lipinski definition) is 0. The lowest BCUT2D eigenvalue weighted by Gasteiger charge is -2.25. The van der Waals surface area contributed by atoms with Gasteiger partial charge in [-0.15, -0.1) is 0 Å². The van der Waals surface area contributed by atoms with Crippen molar-refractivity contribution in [2.24, 2.45) is 5.92 Å². The van der Waals surface area contributed by atoms with E-state index in [2.05, 4.69) is 69.1 Å². The second-order valence-electron chi connectivity index (χ2n) is 8.90. The van der Waals surface area contributed by atoms with Gasteiger partial charge < -0.3 is 9.80 Å². The average molecular weight is 389 g/mol. The van der Waals surface area contributed by atoms with Crippen LogP contribution in [0.15, 0.2) is 60.0 Å². The molecule has 0 bridgehead atoms. The number of likely N-dealkylation sites (tertiary alicyclic amines) is 1. The minimum atomic E-state index is 0.839. The van der Waals surface area contributed by atoms with Crippen molar-refractivity contribution >= 4 is 16.6 Å². The predicted molar refractivity (Wildman–Crippen MR) is 121 cm³/mol. The van der Waals surface area contributed by atoms with Crippen LogP contribution in [-0.4, -0.2) is 40.9 Å². The van der Waals surface area contributed by atoms with Crippen molar-refractivity contribution in [1.29, 1.82) is 0 Å². The molecule has 1 atom stereocenters. The van der Waals surface area contributed by atoms with Gasteiger partial charge in [-0.1, -0.05) is 19.1 Å². The van der Waals surface area contributed by atoms with Crippen molar-refractivity contribution < 1.29 is 0 Å². The summed E-state index contributed by atoms with van der Waals surface area (Å²) in [6, 6.07) is 6.75. The Hall–Kier alpha value is -2.33. The molecule has 2 aliphatic heterocycles. The first kappa shape index (κ1) is 18.7. The summed E-state index contributed by atoms with van der Waals surface area (Å²) < 4.78 is 2.16. The number of allylic oxidation sites excluding steroid dienone is 4. The van der Waals surface area contributed by atoms with E-state index < -0.39 is 0 Å². The summed E-state index contributed by atoms with van der Waals surface area (Å²) in [6.45, 7) is 7.87. The molecule has 1 aromatic carbocycles. The van der Waals surface area contributed by atoms with Gasteiger partial charge >= 0.3 is 0 Å². The van der Waals surface area contributed by atoms with Gasteiger partial charge in [0.25, 0.3) is 0 Å². The Labute approximate surface area is 174 Å². The average Bonchev–Trinajstić information content (AvgIpc) is 3.42. The van der Waals surface area contributed by atoms with E-state index in [0.29, 0.717) is 0 Å². The van der Waals surface area contributed by atoms with E-state index in [4.69, 9.17) is 0 Å². The third-order valence-electron chi connectivity index (χ3n) is 6.77. The minimum Gasteiger partial charge on any atom is -0.344 e. The number of hydrogen-bond acceptors (Lipinski definition) is 3. The maximum Gasteiger partial charge on any atom is 0.0684 e. The second-order valence-corrected chi connectivity index (χ2v) is 8.90. The Bertz CT molecular complexity index is 958. The van der Waals surface area contributed by atoms with Crippen molar-refractivity contribution in [1.82, 2.24) is 14.7 Å². The van der Waals surface area contributed by atoms with Gasteiger partial charge in [0.1, 0.15) is 0 Å². The van der Waals surface area contributed by atoms with E-state index in [-0.39, 0.29) is 0 Å². The quantitative estimate of drug-likeness (QED) is 0.709. The predicted octanol–water partition coefficient (Wildman–Crippen LogP) is 5.14. The molecule has 0 saturated carbocycles.